The van der Waals surface area contributed by atoms with Crippen molar-refractivity contribution >= 4 is 55.7 Å². The molecule has 1 saturated heterocycles. The summed E-state index contributed by atoms with van der Waals surface area (Å²) in [5, 5.41) is 12.4. The Morgan fingerprint density at radius 3 is 2.62 bits per heavy atom. The van der Waals surface area contributed by atoms with Crippen LogP contribution in [-0.2, 0) is 16.0 Å². The van der Waals surface area contributed by atoms with Crippen molar-refractivity contribution in [3.05, 3.63) is 93.0 Å². The second-order valence-corrected chi connectivity index (χ2v) is 11.0. The lowest BCUT2D eigenvalue weighted by atomic mass is 9.94. The van der Waals surface area contributed by atoms with E-state index in [1.54, 1.807) is 36.4 Å². The van der Waals surface area contributed by atoms with Crippen LogP contribution in [-0.4, -0.2) is 27.9 Å². The van der Waals surface area contributed by atoms with Crippen molar-refractivity contribution in [1.82, 2.24) is 4.98 Å². The standard InChI is InChI=1S/C29H23ClN2O4S/c1-14-10-15(2)24-22(11-14)37-29(31-24)32-25(17-4-7-20(30)8-5-17)23(27(34)28(32)35)26(33)18-6-9-21-19(13-18)12-16(3)36-21/h4-11,13,16,25,33H,12H2,1-3H3/b26-23+. The van der Waals surface area contributed by atoms with Gasteiger partial charge < -0.3 is 9.84 Å². The summed E-state index contributed by atoms with van der Waals surface area (Å²) < 4.78 is 6.71. The summed E-state index contributed by atoms with van der Waals surface area (Å²) in [5.74, 6) is -0.946. The molecule has 6 nitrogen and oxygen atoms in total. The molecule has 2 aliphatic heterocycles. The fourth-order valence-corrected chi connectivity index (χ4v) is 6.47. The van der Waals surface area contributed by atoms with Gasteiger partial charge in [-0.3, -0.25) is 14.5 Å². The van der Waals surface area contributed by atoms with Crippen LogP contribution in [0.4, 0.5) is 5.13 Å². The predicted octanol–water partition coefficient (Wildman–Crippen LogP) is 6.52. The van der Waals surface area contributed by atoms with Crippen LogP contribution in [0.1, 0.15) is 40.8 Å². The Labute approximate surface area is 222 Å². The van der Waals surface area contributed by atoms with Gasteiger partial charge in [-0.1, -0.05) is 41.1 Å². The molecule has 2 unspecified atom stereocenters. The van der Waals surface area contributed by atoms with Gasteiger partial charge in [0.25, 0.3) is 5.78 Å². The van der Waals surface area contributed by atoms with E-state index in [-0.39, 0.29) is 17.4 Å². The number of aliphatic hydroxyl groups is 1. The van der Waals surface area contributed by atoms with Gasteiger partial charge in [-0.15, -0.1) is 0 Å². The summed E-state index contributed by atoms with van der Waals surface area (Å²) in [6.45, 7) is 5.96. The maximum atomic E-state index is 13.5. The first-order chi connectivity index (χ1) is 17.7. The number of anilines is 1. The lowest BCUT2D eigenvalue weighted by molar-refractivity contribution is -0.132. The summed E-state index contributed by atoms with van der Waals surface area (Å²) >= 11 is 7.50. The van der Waals surface area contributed by atoms with E-state index in [0.29, 0.717) is 27.7 Å². The highest BCUT2D eigenvalue weighted by atomic mass is 35.5. The number of thiazole rings is 1. The van der Waals surface area contributed by atoms with Crippen LogP contribution in [0, 0.1) is 13.8 Å². The normalized spacial score (nSPS) is 20.5. The molecule has 1 fully saturated rings. The average molecular weight is 531 g/mol. The third-order valence-corrected chi connectivity index (χ3v) is 8.08. The highest BCUT2D eigenvalue weighted by molar-refractivity contribution is 7.22. The first kappa shape index (κ1) is 23.7. The van der Waals surface area contributed by atoms with Crippen LogP contribution in [0.5, 0.6) is 5.75 Å². The molecule has 2 aliphatic rings. The minimum Gasteiger partial charge on any atom is -0.507 e. The van der Waals surface area contributed by atoms with Crippen LogP contribution in [0.2, 0.25) is 5.02 Å². The number of aliphatic hydroxyl groups excluding tert-OH is 1. The van der Waals surface area contributed by atoms with Crippen LogP contribution < -0.4 is 9.64 Å². The number of rotatable bonds is 3. The molecule has 0 saturated carbocycles. The number of hydrogen-bond acceptors (Lipinski definition) is 6. The number of amides is 1. The van der Waals surface area contributed by atoms with E-state index in [1.165, 1.54) is 16.2 Å². The molecule has 2 atom stereocenters. The van der Waals surface area contributed by atoms with Crippen LogP contribution in [0.25, 0.3) is 16.0 Å². The molecule has 0 bridgehead atoms. The monoisotopic (exact) mass is 530 g/mol. The number of carbonyl (C=O) groups excluding carboxylic acids is 2. The lowest BCUT2D eigenvalue weighted by Crippen LogP contribution is -2.29. The molecule has 1 N–H and O–H groups in total. The quantitative estimate of drug-likeness (QED) is 0.185. The van der Waals surface area contributed by atoms with E-state index in [0.717, 1.165) is 32.7 Å². The summed E-state index contributed by atoms with van der Waals surface area (Å²) in [6, 6.07) is 15.5. The zero-order chi connectivity index (χ0) is 26.0. The van der Waals surface area contributed by atoms with Crippen molar-refractivity contribution in [2.75, 3.05) is 4.90 Å². The molecule has 3 aromatic carbocycles. The highest BCUT2D eigenvalue weighted by Crippen LogP contribution is 2.45. The molecule has 1 amide bonds. The average Bonchev–Trinajstić information content (AvgIpc) is 3.52. The molecule has 3 heterocycles. The van der Waals surface area contributed by atoms with Gasteiger partial charge in [-0.05, 0) is 79.4 Å². The van der Waals surface area contributed by atoms with Gasteiger partial charge in [0, 0.05) is 17.0 Å². The van der Waals surface area contributed by atoms with E-state index in [2.05, 4.69) is 0 Å². The molecular weight excluding hydrogens is 508 g/mol. The molecule has 0 spiro atoms. The van der Waals surface area contributed by atoms with Gasteiger partial charge in [-0.25, -0.2) is 4.98 Å². The number of carbonyl (C=O) groups is 2. The molecule has 0 aliphatic carbocycles. The topological polar surface area (TPSA) is 79.7 Å². The number of aromatic nitrogens is 1. The molecule has 8 heteroatoms. The fraction of sp³-hybridized carbons (Fsp3) is 0.207. The minimum absolute atomic E-state index is 0.0198. The number of halogens is 1. The molecule has 37 heavy (non-hydrogen) atoms. The van der Waals surface area contributed by atoms with Gasteiger partial charge in [-0.2, -0.15) is 0 Å². The Kier molecular flexibility index (Phi) is 5.58. The van der Waals surface area contributed by atoms with Crippen molar-refractivity contribution in [2.24, 2.45) is 0 Å². The van der Waals surface area contributed by atoms with Crippen molar-refractivity contribution in [3.8, 4) is 5.75 Å². The van der Waals surface area contributed by atoms with Gasteiger partial charge >= 0.3 is 5.91 Å². The second kappa shape index (κ2) is 8.71. The van der Waals surface area contributed by atoms with Crippen molar-refractivity contribution < 1.29 is 19.4 Å². The number of ether oxygens (including phenoxy) is 1. The van der Waals surface area contributed by atoms with E-state index < -0.39 is 17.7 Å². The zero-order valence-corrected chi connectivity index (χ0v) is 22.0. The second-order valence-electron chi connectivity index (χ2n) is 9.60. The molecule has 6 rings (SSSR count). The van der Waals surface area contributed by atoms with Gasteiger partial charge in [0.15, 0.2) is 5.13 Å². The SMILES string of the molecule is Cc1cc(C)c2nc(N3C(=O)C(=O)/C(=C(/O)c4ccc5c(c4)CC(C)O5)C3c3ccc(Cl)cc3)sc2c1. The third-order valence-electron chi connectivity index (χ3n) is 6.82. The van der Waals surface area contributed by atoms with Crippen molar-refractivity contribution in [2.45, 2.75) is 39.3 Å². The third kappa shape index (κ3) is 3.90. The van der Waals surface area contributed by atoms with Crippen molar-refractivity contribution in [3.63, 3.8) is 0 Å². The molecule has 0 radical (unpaired) electrons. The number of nitrogens with zero attached hydrogens (tertiary/aromatic N) is 2. The Hall–Kier alpha value is -3.68. The number of ketones is 1. The molecular formula is C29H23ClN2O4S. The first-order valence-corrected chi connectivity index (χ1v) is 13.1. The number of aryl methyl sites for hydroxylation is 2. The Morgan fingerprint density at radius 2 is 1.86 bits per heavy atom. The van der Waals surface area contributed by atoms with Gasteiger partial charge in [0.05, 0.1) is 21.8 Å². The maximum absolute atomic E-state index is 13.5. The summed E-state index contributed by atoms with van der Waals surface area (Å²) in [4.78, 5) is 33.2. The van der Waals surface area contributed by atoms with E-state index in [9.17, 15) is 14.7 Å². The summed E-state index contributed by atoms with van der Waals surface area (Å²) in [7, 11) is 0. The van der Waals surface area contributed by atoms with Gasteiger partial charge in [0.2, 0.25) is 0 Å². The fourth-order valence-electron chi connectivity index (χ4n) is 5.18. The smallest absolute Gasteiger partial charge is 0.301 e. The summed E-state index contributed by atoms with van der Waals surface area (Å²) in [5.41, 5.74) is 4.95. The predicted molar refractivity (Wildman–Crippen MR) is 146 cm³/mol. The Balaban J connectivity index is 1.54. The number of Topliss-reactive ketones (excluding diaryl/α,β-unsaturated/α-hetero) is 1. The van der Waals surface area contributed by atoms with E-state index >= 15 is 0 Å². The van der Waals surface area contributed by atoms with Crippen LogP contribution >= 0.6 is 22.9 Å². The largest absolute Gasteiger partial charge is 0.507 e. The maximum Gasteiger partial charge on any atom is 0.301 e. The Bertz CT molecular complexity index is 1640. The highest BCUT2D eigenvalue weighted by Gasteiger charge is 2.48. The summed E-state index contributed by atoms with van der Waals surface area (Å²) in [6.07, 6.45) is 0.744. The van der Waals surface area contributed by atoms with E-state index in [4.69, 9.17) is 21.3 Å². The Morgan fingerprint density at radius 1 is 1.11 bits per heavy atom. The number of hydrogen-bond donors (Lipinski definition) is 1. The molecule has 1 aromatic heterocycles. The first-order valence-electron chi connectivity index (χ1n) is 12.0. The van der Waals surface area contributed by atoms with Crippen LogP contribution in [0.15, 0.2) is 60.2 Å². The van der Waals surface area contributed by atoms with Crippen LogP contribution in [0.3, 0.4) is 0 Å². The van der Waals surface area contributed by atoms with Crippen molar-refractivity contribution in [1.29, 1.82) is 0 Å². The van der Waals surface area contributed by atoms with Gasteiger partial charge in [0.1, 0.15) is 17.6 Å². The molecule has 186 valence electrons. The molecule has 4 aromatic rings. The minimum atomic E-state index is -0.859. The zero-order valence-electron chi connectivity index (χ0n) is 20.4. The number of fused-ring (bicyclic) bond motifs is 2. The lowest BCUT2D eigenvalue weighted by Gasteiger charge is -2.23. The van der Waals surface area contributed by atoms with E-state index in [1.807, 2.05) is 39.0 Å². The number of benzene rings is 3.